The minimum Gasteiger partial charge on any atom is -0.491 e. The standard InChI is InChI=1S/C31H40ClN5O7.C22H29ClN4O6.C11H10ClN3O2.H2S/c1-8-42-26(38)24(34-29(40)44-31(5,6)7)15-16-36-28(39)35-27(33-23-13-14-25(20(4)17-23)43-19(2)3)37(30(36)41)18-21-9-11-22(32)12-10-21;1-6-32-18(28)17(25-20(30)33-22(3,4)5)11-12-26-19(29)24-14(2)27(21(26)31)13-15-7-9-16(23)10-8-15;1-7-13-10(16)14-11(17)15(7)6-8-2-4-9(12)5-3-8;/h9-14,17,19,24H,8,15-16,18H2,1-7H3,(H,34,40)(H,33,35,39);7-10,17H,6,11-13H2,1-5H3,(H,25,30);2-5H,6H2,1H3,(H,14,16,17);1H2/t24-;17-;;/m00../s1. The quantitative estimate of drug-likeness (QED) is 0.0367. The van der Waals surface area contributed by atoms with E-state index in [0.717, 1.165) is 31.4 Å². The summed E-state index contributed by atoms with van der Waals surface area (Å²) >= 11 is 17.7. The third-order valence-electron chi connectivity index (χ3n) is 13.0. The van der Waals surface area contributed by atoms with Crippen LogP contribution in [0.25, 0.3) is 0 Å². The number of alkyl carbamates (subject to hydrolysis) is 2. The Morgan fingerprint density at radius 2 is 0.947 bits per heavy atom. The van der Waals surface area contributed by atoms with Gasteiger partial charge in [-0.25, -0.2) is 57.1 Å². The maximum absolute atomic E-state index is 13.8. The fraction of sp³-hybridized carbons (Fsp3) is 0.422. The number of halogens is 3. The molecule has 2 amide bonds. The van der Waals surface area contributed by atoms with Crippen LogP contribution < -0.4 is 54.8 Å². The highest BCUT2D eigenvalue weighted by Crippen LogP contribution is 2.25. The SMILES string of the molecule is CCOC(=O)[C@H](CCn1c(=O)nc(C)n(Cc2ccc(Cl)cc2)c1=O)NC(=O)OC(C)(C)C.CCOC(=O)[C@H](CCn1c(=O)nc(Nc2ccc(OC(C)C)c(C)c2)n(Cc2ccc(Cl)cc2)c1=O)NC(=O)OC(C)(C)C.Cc1nc(=O)[nH]c(=O)n1Cc1ccc(Cl)cc1.S. The van der Waals surface area contributed by atoms with Gasteiger partial charge in [-0.1, -0.05) is 71.2 Å². The monoisotopic (exact) mass is 1390 g/mol. The molecular weight excluding hydrogens is 1320 g/mol. The molecule has 0 fully saturated rings. The van der Waals surface area contributed by atoms with Crippen LogP contribution in [-0.2, 0) is 61.3 Å². The number of esters is 2. The molecule has 0 unspecified atom stereocenters. The Hall–Kier alpha value is -8.99. The van der Waals surface area contributed by atoms with E-state index in [1.54, 1.807) is 142 Å². The van der Waals surface area contributed by atoms with Gasteiger partial charge in [0.05, 0.1) is 39.0 Å². The first kappa shape index (κ1) is 78.5. The van der Waals surface area contributed by atoms with Gasteiger partial charge in [0.25, 0.3) is 0 Å². The average Bonchev–Trinajstić information content (AvgIpc) is 0.805. The zero-order valence-corrected chi connectivity index (χ0v) is 58.4. The van der Waals surface area contributed by atoms with Crippen molar-refractivity contribution < 1.29 is 42.9 Å². The van der Waals surface area contributed by atoms with Crippen LogP contribution in [0.1, 0.15) is 116 Å². The Morgan fingerprint density at radius 3 is 1.35 bits per heavy atom. The minimum absolute atomic E-state index is 0. The number of nitrogens with zero attached hydrogens (tertiary/aromatic N) is 8. The molecule has 0 saturated carbocycles. The lowest BCUT2D eigenvalue weighted by Crippen LogP contribution is -2.47. The Balaban J connectivity index is 0.000000329. The summed E-state index contributed by atoms with van der Waals surface area (Å²) in [5.41, 5.74) is -1.59. The molecule has 3 heterocycles. The van der Waals surface area contributed by atoms with E-state index < -0.39 is 81.5 Å². The molecule has 0 aliphatic heterocycles. The van der Waals surface area contributed by atoms with Crippen molar-refractivity contribution in [2.45, 2.75) is 165 Å². The Bertz CT molecular complexity index is 4140. The van der Waals surface area contributed by atoms with E-state index in [-0.39, 0.29) is 83.6 Å². The lowest BCUT2D eigenvalue weighted by molar-refractivity contribution is -0.146. The zero-order chi connectivity index (χ0) is 69.8. The number of rotatable bonds is 22. The van der Waals surface area contributed by atoms with Gasteiger partial charge in [0.1, 0.15) is 40.7 Å². The van der Waals surface area contributed by atoms with Crippen molar-refractivity contribution in [3.63, 3.8) is 0 Å². The summed E-state index contributed by atoms with van der Waals surface area (Å²) in [5.74, 6) is -0.0447. The maximum atomic E-state index is 13.8. The smallest absolute Gasteiger partial charge is 0.408 e. The van der Waals surface area contributed by atoms with Gasteiger partial charge in [0.15, 0.2) is 0 Å². The molecule has 4 aromatic carbocycles. The van der Waals surface area contributed by atoms with Gasteiger partial charge in [0, 0.05) is 33.8 Å². The number of carbonyl (C=O) groups excluding carboxylic acids is 4. The summed E-state index contributed by atoms with van der Waals surface area (Å²) in [4.78, 5) is 138. The molecule has 0 aliphatic carbocycles. The topological polar surface area (TPSA) is 332 Å². The molecule has 0 spiro atoms. The summed E-state index contributed by atoms with van der Waals surface area (Å²) in [6.45, 7) is 22.7. The minimum atomic E-state index is -1.17. The van der Waals surface area contributed by atoms with Gasteiger partial charge in [-0.2, -0.15) is 28.4 Å². The van der Waals surface area contributed by atoms with E-state index in [0.29, 0.717) is 38.9 Å². The van der Waals surface area contributed by atoms with Crippen molar-refractivity contribution in [3.8, 4) is 5.75 Å². The zero-order valence-electron chi connectivity index (χ0n) is 55.1. The van der Waals surface area contributed by atoms with Crippen LogP contribution in [-0.4, -0.2) is 110 Å². The molecule has 95 heavy (non-hydrogen) atoms. The molecule has 7 rings (SSSR count). The number of carbonyl (C=O) groups is 4. The van der Waals surface area contributed by atoms with E-state index in [1.165, 1.54) is 13.7 Å². The largest absolute Gasteiger partial charge is 0.491 e. The van der Waals surface area contributed by atoms with E-state index in [4.69, 9.17) is 58.5 Å². The summed E-state index contributed by atoms with van der Waals surface area (Å²) in [6.07, 6.45) is -1.84. The normalized spacial score (nSPS) is 11.7. The number of nitrogens with one attached hydrogen (secondary N) is 4. The van der Waals surface area contributed by atoms with E-state index in [9.17, 15) is 47.9 Å². The van der Waals surface area contributed by atoms with E-state index >= 15 is 0 Å². The second kappa shape index (κ2) is 36.0. The molecule has 31 heteroatoms. The first-order valence-corrected chi connectivity index (χ1v) is 30.9. The Kier molecular flexibility index (Phi) is 29.8. The van der Waals surface area contributed by atoms with E-state index in [1.807, 2.05) is 39.0 Å². The number of H-pyrrole nitrogens is 1. The second-order valence-corrected chi connectivity index (χ2v) is 24.6. The van der Waals surface area contributed by atoms with Crippen LogP contribution in [0, 0.1) is 20.8 Å². The van der Waals surface area contributed by atoms with Crippen molar-refractivity contribution in [1.82, 2.24) is 53.4 Å². The van der Waals surface area contributed by atoms with Crippen LogP contribution in [0.3, 0.4) is 0 Å². The summed E-state index contributed by atoms with van der Waals surface area (Å²) in [5, 5.41) is 9.75. The van der Waals surface area contributed by atoms with Crippen LogP contribution in [0.4, 0.5) is 21.2 Å². The predicted octanol–water partition coefficient (Wildman–Crippen LogP) is 8.11. The Labute approximate surface area is 569 Å². The van der Waals surface area contributed by atoms with Gasteiger partial charge in [-0.05, 0) is 180 Å². The van der Waals surface area contributed by atoms with Crippen LogP contribution in [0.5, 0.6) is 5.75 Å². The molecule has 0 radical (unpaired) electrons. The fourth-order valence-electron chi connectivity index (χ4n) is 8.64. The van der Waals surface area contributed by atoms with Crippen LogP contribution in [0.2, 0.25) is 15.1 Å². The number of aromatic amines is 1. The van der Waals surface area contributed by atoms with Gasteiger partial charge in [-0.3, -0.25) is 18.7 Å². The van der Waals surface area contributed by atoms with Crippen molar-refractivity contribution in [1.29, 1.82) is 0 Å². The van der Waals surface area contributed by atoms with Gasteiger partial charge in [0.2, 0.25) is 5.95 Å². The summed E-state index contributed by atoms with van der Waals surface area (Å²) in [7, 11) is 0. The molecule has 514 valence electrons. The predicted molar refractivity (Wildman–Crippen MR) is 365 cm³/mol. The Morgan fingerprint density at radius 1 is 0.547 bits per heavy atom. The summed E-state index contributed by atoms with van der Waals surface area (Å²) < 4.78 is 32.3. The number of hydrogen-bond acceptors (Lipinski definition) is 19. The number of amides is 2. The molecular formula is C64H81Cl3N12O15S. The molecule has 7 aromatic rings. The molecule has 0 saturated heterocycles. The third kappa shape index (κ3) is 25.4. The lowest BCUT2D eigenvalue weighted by atomic mass is 10.2. The van der Waals surface area contributed by atoms with Crippen LogP contribution >= 0.6 is 48.3 Å². The number of ether oxygens (including phenoxy) is 5. The van der Waals surface area contributed by atoms with Gasteiger partial charge < -0.3 is 39.6 Å². The van der Waals surface area contributed by atoms with Crippen molar-refractivity contribution in [3.05, 3.63) is 203 Å². The van der Waals surface area contributed by atoms with E-state index in [2.05, 4.69) is 35.9 Å². The number of aromatic nitrogens is 9. The molecule has 27 nitrogen and oxygen atoms in total. The number of benzene rings is 4. The average molecular weight is 1400 g/mol. The fourth-order valence-corrected chi connectivity index (χ4v) is 9.02. The molecule has 0 aliphatic rings. The number of anilines is 2. The highest BCUT2D eigenvalue weighted by molar-refractivity contribution is 7.59. The van der Waals surface area contributed by atoms with Gasteiger partial charge >= 0.3 is 58.3 Å². The number of aryl methyl sites for hydroxylation is 3. The highest BCUT2D eigenvalue weighted by Gasteiger charge is 2.28. The lowest BCUT2D eigenvalue weighted by Gasteiger charge is -2.23. The van der Waals surface area contributed by atoms with Crippen molar-refractivity contribution in [2.75, 3.05) is 18.5 Å². The molecule has 2 atom stereocenters. The second-order valence-electron chi connectivity index (χ2n) is 23.3. The molecule has 3 aromatic heterocycles. The van der Waals surface area contributed by atoms with Crippen molar-refractivity contribution in [2.24, 2.45) is 0 Å². The highest BCUT2D eigenvalue weighted by atomic mass is 35.5. The maximum Gasteiger partial charge on any atom is 0.408 e. The first-order valence-electron chi connectivity index (χ1n) is 29.8. The molecule has 0 bridgehead atoms. The number of hydrogen-bond donors (Lipinski definition) is 4. The third-order valence-corrected chi connectivity index (χ3v) is 13.7. The van der Waals surface area contributed by atoms with Crippen molar-refractivity contribution >= 4 is 84.1 Å². The summed E-state index contributed by atoms with van der Waals surface area (Å²) in [6, 6.07) is 24.1. The van der Waals surface area contributed by atoms with Crippen LogP contribution in [0.15, 0.2) is 120 Å². The van der Waals surface area contributed by atoms with Gasteiger partial charge in [-0.15, -0.1) is 0 Å². The first-order chi connectivity index (χ1) is 44.1. The molecule has 4 N–H and O–H groups in total.